The lowest BCUT2D eigenvalue weighted by Crippen LogP contribution is -2.33. The van der Waals surface area contributed by atoms with Crippen LogP contribution in [0.5, 0.6) is 5.75 Å². The first-order valence-electron chi connectivity index (χ1n) is 9.30. The number of rotatable bonds is 9. The summed E-state index contributed by atoms with van der Waals surface area (Å²) in [5.74, 6) is 0.207. The number of para-hydroxylation sites is 2. The monoisotopic (exact) mass is 339 g/mol. The second-order valence-corrected chi connectivity index (χ2v) is 6.50. The molecule has 2 rings (SSSR count). The van der Waals surface area contributed by atoms with Crippen molar-refractivity contribution in [1.29, 1.82) is 0 Å². The van der Waals surface area contributed by atoms with Crippen molar-refractivity contribution in [2.45, 2.75) is 58.4 Å². The molecule has 0 aliphatic carbocycles. The zero-order valence-electron chi connectivity index (χ0n) is 15.3. The van der Waals surface area contributed by atoms with Crippen molar-refractivity contribution in [3.05, 3.63) is 60.2 Å². The molecule has 1 amide bonds. The summed E-state index contributed by atoms with van der Waals surface area (Å²) in [6.45, 7) is 4.20. The van der Waals surface area contributed by atoms with Gasteiger partial charge in [0.1, 0.15) is 5.75 Å². The first-order valence-corrected chi connectivity index (χ1v) is 9.30. The molecule has 0 aliphatic heterocycles. The highest BCUT2D eigenvalue weighted by Crippen LogP contribution is 2.34. The van der Waals surface area contributed by atoms with Crippen LogP contribution in [0.15, 0.2) is 54.6 Å². The molecule has 134 valence electrons. The average molecular weight is 339 g/mol. The molecule has 1 atom stereocenters. The molecular weight excluding hydrogens is 310 g/mol. The number of benzene rings is 2. The van der Waals surface area contributed by atoms with Crippen LogP contribution in [0.25, 0.3) is 0 Å². The molecule has 0 radical (unpaired) electrons. The zero-order valence-corrected chi connectivity index (χ0v) is 15.3. The minimum absolute atomic E-state index is 0.0642. The van der Waals surface area contributed by atoms with Crippen LogP contribution in [0.4, 0.5) is 5.69 Å². The van der Waals surface area contributed by atoms with Gasteiger partial charge in [0.15, 0.2) is 0 Å². The van der Waals surface area contributed by atoms with E-state index >= 15 is 0 Å². The van der Waals surface area contributed by atoms with Gasteiger partial charge in [-0.05, 0) is 31.0 Å². The van der Waals surface area contributed by atoms with E-state index in [-0.39, 0.29) is 17.7 Å². The highest BCUT2D eigenvalue weighted by molar-refractivity contribution is 5.95. The first-order chi connectivity index (χ1) is 12.1. The summed E-state index contributed by atoms with van der Waals surface area (Å²) in [4.78, 5) is 14.7. The van der Waals surface area contributed by atoms with E-state index in [1.54, 1.807) is 17.0 Å². The topological polar surface area (TPSA) is 40.5 Å². The third kappa shape index (κ3) is 5.35. The maximum atomic E-state index is 13.0. The van der Waals surface area contributed by atoms with Gasteiger partial charge >= 0.3 is 0 Å². The Morgan fingerprint density at radius 1 is 0.960 bits per heavy atom. The van der Waals surface area contributed by atoms with Crippen LogP contribution in [0.2, 0.25) is 0 Å². The van der Waals surface area contributed by atoms with Crippen molar-refractivity contribution in [3.63, 3.8) is 0 Å². The Hall–Kier alpha value is -2.29. The lowest BCUT2D eigenvalue weighted by atomic mass is 10.0. The number of carbonyl (C=O) groups excluding carboxylic acids is 1. The molecule has 0 aromatic heterocycles. The summed E-state index contributed by atoms with van der Waals surface area (Å²) < 4.78 is 0. The minimum atomic E-state index is -0.127. The molecule has 0 fully saturated rings. The number of aromatic hydroxyl groups is 1. The number of unbranched alkanes of at least 4 members (excludes halogenated alkanes) is 4. The Balaban J connectivity index is 2.18. The van der Waals surface area contributed by atoms with E-state index in [9.17, 15) is 9.90 Å². The molecular formula is C22H29NO2. The second kappa shape index (κ2) is 9.87. The van der Waals surface area contributed by atoms with E-state index in [0.717, 1.165) is 18.4 Å². The van der Waals surface area contributed by atoms with Crippen LogP contribution in [0, 0.1) is 0 Å². The second-order valence-electron chi connectivity index (χ2n) is 6.50. The van der Waals surface area contributed by atoms with Gasteiger partial charge in [-0.15, -0.1) is 0 Å². The summed E-state index contributed by atoms with van der Waals surface area (Å²) in [6.07, 6.45) is 6.07. The third-order valence-corrected chi connectivity index (χ3v) is 4.57. The summed E-state index contributed by atoms with van der Waals surface area (Å²) in [5, 5.41) is 10.3. The Labute approximate surface area is 151 Å². The minimum Gasteiger partial charge on any atom is -0.506 e. The Morgan fingerprint density at radius 2 is 1.60 bits per heavy atom. The van der Waals surface area contributed by atoms with Gasteiger partial charge in [-0.1, -0.05) is 75.1 Å². The molecule has 2 aromatic carbocycles. The van der Waals surface area contributed by atoms with E-state index in [2.05, 4.69) is 6.92 Å². The Kier molecular flexibility index (Phi) is 7.52. The molecule has 0 saturated heterocycles. The van der Waals surface area contributed by atoms with Crippen LogP contribution in [-0.4, -0.2) is 11.0 Å². The number of carbonyl (C=O) groups is 1. The summed E-state index contributed by atoms with van der Waals surface area (Å²) >= 11 is 0. The molecule has 3 heteroatoms. The molecule has 1 N–H and O–H groups in total. The summed E-state index contributed by atoms with van der Waals surface area (Å²) in [7, 11) is 0. The van der Waals surface area contributed by atoms with Crippen LogP contribution in [-0.2, 0) is 4.79 Å². The van der Waals surface area contributed by atoms with Gasteiger partial charge in [0.05, 0.1) is 11.7 Å². The van der Waals surface area contributed by atoms with Gasteiger partial charge in [0, 0.05) is 6.42 Å². The number of phenolic OH excluding ortho intramolecular Hbond substituents is 1. The smallest absolute Gasteiger partial charge is 0.227 e. The SMILES string of the molecule is CCCCCCCC(=O)N(c1ccccc1O)[C@@H](C)c1ccccc1. The van der Waals surface area contributed by atoms with E-state index in [1.165, 1.54) is 19.3 Å². The quantitative estimate of drug-likeness (QED) is 0.582. The van der Waals surface area contributed by atoms with Gasteiger partial charge in [0.2, 0.25) is 5.91 Å². The van der Waals surface area contributed by atoms with Crippen molar-refractivity contribution >= 4 is 11.6 Å². The predicted molar refractivity (Wildman–Crippen MR) is 104 cm³/mol. The molecule has 2 aromatic rings. The van der Waals surface area contributed by atoms with E-state index in [1.807, 2.05) is 49.4 Å². The fourth-order valence-electron chi connectivity index (χ4n) is 3.11. The number of phenols is 1. The van der Waals surface area contributed by atoms with Gasteiger partial charge in [-0.3, -0.25) is 4.79 Å². The van der Waals surface area contributed by atoms with Crippen molar-refractivity contribution < 1.29 is 9.90 Å². The molecule has 0 heterocycles. The number of anilines is 1. The fourth-order valence-corrected chi connectivity index (χ4v) is 3.11. The van der Waals surface area contributed by atoms with Gasteiger partial charge in [-0.2, -0.15) is 0 Å². The largest absolute Gasteiger partial charge is 0.506 e. The van der Waals surface area contributed by atoms with E-state index in [4.69, 9.17) is 0 Å². The molecule has 0 unspecified atom stereocenters. The molecule has 0 spiro atoms. The Morgan fingerprint density at radius 3 is 2.28 bits per heavy atom. The van der Waals surface area contributed by atoms with Crippen LogP contribution in [0.1, 0.15) is 64.0 Å². The Bertz CT molecular complexity index is 654. The number of hydrogen-bond acceptors (Lipinski definition) is 2. The summed E-state index contributed by atoms with van der Waals surface area (Å²) in [6, 6.07) is 16.9. The van der Waals surface area contributed by atoms with Gasteiger partial charge in [0.25, 0.3) is 0 Å². The fraction of sp³-hybridized carbons (Fsp3) is 0.409. The van der Waals surface area contributed by atoms with Gasteiger partial charge < -0.3 is 10.0 Å². The van der Waals surface area contributed by atoms with Gasteiger partial charge in [-0.25, -0.2) is 0 Å². The maximum absolute atomic E-state index is 13.0. The standard InChI is InChI=1S/C22H29NO2/c1-3-4-5-6-10-17-22(25)23(20-15-11-12-16-21(20)24)18(2)19-13-8-7-9-14-19/h7-9,11-16,18,24H,3-6,10,17H2,1-2H3/t18-/m0/s1. The maximum Gasteiger partial charge on any atom is 0.227 e. The average Bonchev–Trinajstić information content (AvgIpc) is 2.64. The molecule has 0 bridgehead atoms. The summed E-state index contributed by atoms with van der Waals surface area (Å²) in [5.41, 5.74) is 1.64. The number of amides is 1. The van der Waals surface area contributed by atoms with Crippen LogP contribution >= 0.6 is 0 Å². The lowest BCUT2D eigenvalue weighted by Gasteiger charge is -2.30. The highest BCUT2D eigenvalue weighted by Gasteiger charge is 2.24. The number of nitrogens with zero attached hydrogens (tertiary/aromatic N) is 1. The molecule has 0 saturated carbocycles. The molecule has 0 aliphatic rings. The van der Waals surface area contributed by atoms with Crippen molar-refractivity contribution in [2.75, 3.05) is 4.90 Å². The van der Waals surface area contributed by atoms with Crippen molar-refractivity contribution in [3.8, 4) is 5.75 Å². The van der Waals surface area contributed by atoms with Crippen molar-refractivity contribution in [2.24, 2.45) is 0 Å². The lowest BCUT2D eigenvalue weighted by molar-refractivity contribution is -0.119. The zero-order chi connectivity index (χ0) is 18.1. The third-order valence-electron chi connectivity index (χ3n) is 4.57. The van der Waals surface area contributed by atoms with E-state index < -0.39 is 0 Å². The van der Waals surface area contributed by atoms with Crippen LogP contribution in [0.3, 0.4) is 0 Å². The van der Waals surface area contributed by atoms with Crippen LogP contribution < -0.4 is 4.90 Å². The molecule has 25 heavy (non-hydrogen) atoms. The predicted octanol–water partition coefficient (Wildman–Crippen LogP) is 5.85. The van der Waals surface area contributed by atoms with E-state index in [0.29, 0.717) is 12.1 Å². The highest BCUT2D eigenvalue weighted by atomic mass is 16.3. The van der Waals surface area contributed by atoms with Crippen molar-refractivity contribution in [1.82, 2.24) is 0 Å². The first kappa shape index (κ1) is 19.0. The number of hydrogen-bond donors (Lipinski definition) is 1. The molecule has 3 nitrogen and oxygen atoms in total. The normalized spacial score (nSPS) is 11.9.